The number of nitrogens with one attached hydrogen (secondary N) is 1. The molecular weight excluding hydrogens is 280 g/mol. The van der Waals surface area contributed by atoms with E-state index in [1.54, 1.807) is 25.3 Å². The summed E-state index contributed by atoms with van der Waals surface area (Å²) in [5.41, 5.74) is 1.10. The van der Waals surface area contributed by atoms with E-state index in [-0.39, 0.29) is 11.5 Å². The van der Waals surface area contributed by atoms with E-state index in [4.69, 9.17) is 0 Å². The van der Waals surface area contributed by atoms with Gasteiger partial charge in [0.05, 0.1) is 16.0 Å². The van der Waals surface area contributed by atoms with Crippen LogP contribution in [0.2, 0.25) is 0 Å². The standard InChI is InChI=1S/C13H24N2O2S2/c1-9(19(6,16)17)10(14-5)7-12-15-11(8-18-12)13(2,3)4/h8-10,14H,7H2,1-6H3. The summed E-state index contributed by atoms with van der Waals surface area (Å²) in [6.45, 7) is 8.12. The molecule has 0 aliphatic carbocycles. The second kappa shape index (κ2) is 5.89. The van der Waals surface area contributed by atoms with E-state index in [2.05, 4.69) is 36.5 Å². The van der Waals surface area contributed by atoms with Crippen LogP contribution in [0.25, 0.3) is 0 Å². The molecule has 0 spiro atoms. The number of sulfone groups is 1. The van der Waals surface area contributed by atoms with E-state index in [9.17, 15) is 8.42 Å². The van der Waals surface area contributed by atoms with E-state index in [1.807, 2.05) is 0 Å². The fourth-order valence-corrected chi connectivity index (χ4v) is 3.65. The zero-order valence-electron chi connectivity index (χ0n) is 12.5. The van der Waals surface area contributed by atoms with Gasteiger partial charge in [-0.1, -0.05) is 20.8 Å². The van der Waals surface area contributed by atoms with Crippen LogP contribution in [0.1, 0.15) is 38.4 Å². The maximum atomic E-state index is 11.6. The quantitative estimate of drug-likeness (QED) is 0.904. The molecule has 0 amide bonds. The van der Waals surface area contributed by atoms with Crippen LogP contribution in [0.3, 0.4) is 0 Å². The van der Waals surface area contributed by atoms with Crippen molar-refractivity contribution in [2.45, 2.75) is 50.8 Å². The molecule has 0 fully saturated rings. The van der Waals surface area contributed by atoms with Crippen molar-refractivity contribution in [1.29, 1.82) is 0 Å². The first-order valence-electron chi connectivity index (χ1n) is 6.36. The van der Waals surface area contributed by atoms with Crippen molar-refractivity contribution in [3.05, 3.63) is 16.1 Å². The van der Waals surface area contributed by atoms with E-state index >= 15 is 0 Å². The number of aromatic nitrogens is 1. The number of thiazole rings is 1. The molecule has 0 saturated heterocycles. The zero-order chi connectivity index (χ0) is 14.8. The van der Waals surface area contributed by atoms with Crippen molar-refractivity contribution in [2.24, 2.45) is 0 Å². The van der Waals surface area contributed by atoms with Gasteiger partial charge in [0.15, 0.2) is 9.84 Å². The Morgan fingerprint density at radius 2 is 2.00 bits per heavy atom. The van der Waals surface area contributed by atoms with Gasteiger partial charge in [0.25, 0.3) is 0 Å². The van der Waals surface area contributed by atoms with Gasteiger partial charge in [0, 0.05) is 29.5 Å². The molecule has 2 atom stereocenters. The highest BCUT2D eigenvalue weighted by Crippen LogP contribution is 2.25. The second-order valence-corrected chi connectivity index (χ2v) is 9.36. The molecule has 0 bridgehead atoms. The number of rotatable bonds is 5. The number of nitrogens with zero attached hydrogens (tertiary/aromatic N) is 1. The largest absolute Gasteiger partial charge is 0.315 e. The van der Waals surface area contributed by atoms with Crippen molar-refractivity contribution in [1.82, 2.24) is 10.3 Å². The summed E-state index contributed by atoms with van der Waals surface area (Å²) in [7, 11) is -1.25. The molecule has 1 N–H and O–H groups in total. The molecule has 110 valence electrons. The maximum absolute atomic E-state index is 11.6. The minimum Gasteiger partial charge on any atom is -0.315 e. The lowest BCUT2D eigenvalue weighted by molar-refractivity contribution is 0.512. The van der Waals surface area contributed by atoms with Crippen LogP contribution in [0.4, 0.5) is 0 Å². The molecule has 19 heavy (non-hydrogen) atoms. The van der Waals surface area contributed by atoms with Crippen molar-refractivity contribution in [3.63, 3.8) is 0 Å². The predicted molar refractivity (Wildman–Crippen MR) is 81.7 cm³/mol. The van der Waals surface area contributed by atoms with Crippen LogP contribution in [-0.2, 0) is 21.7 Å². The summed E-state index contributed by atoms with van der Waals surface area (Å²) in [5.74, 6) is 0. The fraction of sp³-hybridized carbons (Fsp3) is 0.769. The Morgan fingerprint density at radius 3 is 2.37 bits per heavy atom. The Labute approximate surface area is 120 Å². The lowest BCUT2D eigenvalue weighted by Gasteiger charge is -2.21. The first-order chi connectivity index (χ1) is 8.55. The first kappa shape index (κ1) is 16.6. The minimum absolute atomic E-state index is 0.0341. The number of hydrogen-bond donors (Lipinski definition) is 1. The molecule has 0 aromatic carbocycles. The zero-order valence-corrected chi connectivity index (χ0v) is 14.2. The van der Waals surface area contributed by atoms with Crippen LogP contribution >= 0.6 is 11.3 Å². The highest BCUT2D eigenvalue weighted by Gasteiger charge is 2.26. The van der Waals surface area contributed by atoms with E-state index in [0.29, 0.717) is 6.42 Å². The van der Waals surface area contributed by atoms with Gasteiger partial charge in [-0.15, -0.1) is 11.3 Å². The van der Waals surface area contributed by atoms with Crippen LogP contribution in [-0.4, -0.2) is 38.0 Å². The maximum Gasteiger partial charge on any atom is 0.151 e. The molecule has 1 aromatic rings. The van der Waals surface area contributed by atoms with E-state index < -0.39 is 15.1 Å². The molecule has 6 heteroatoms. The minimum atomic E-state index is -3.04. The van der Waals surface area contributed by atoms with Gasteiger partial charge in [0.1, 0.15) is 0 Å². The van der Waals surface area contributed by atoms with E-state index in [0.717, 1.165) is 10.7 Å². The van der Waals surface area contributed by atoms with Crippen molar-refractivity contribution >= 4 is 21.2 Å². The molecule has 1 heterocycles. The monoisotopic (exact) mass is 304 g/mol. The third-order valence-corrected chi connectivity index (χ3v) is 5.88. The summed E-state index contributed by atoms with van der Waals surface area (Å²) < 4.78 is 23.3. The summed E-state index contributed by atoms with van der Waals surface area (Å²) in [4.78, 5) is 4.62. The van der Waals surface area contributed by atoms with Crippen molar-refractivity contribution < 1.29 is 8.42 Å². The Hall–Kier alpha value is -0.460. The Morgan fingerprint density at radius 1 is 1.42 bits per heavy atom. The highest BCUT2D eigenvalue weighted by atomic mass is 32.2. The summed E-state index contributed by atoms with van der Waals surface area (Å²) in [6.07, 6.45) is 1.93. The van der Waals surface area contributed by atoms with Gasteiger partial charge in [-0.25, -0.2) is 13.4 Å². The van der Waals surface area contributed by atoms with Crippen LogP contribution in [0, 0.1) is 0 Å². The topological polar surface area (TPSA) is 59.1 Å². The Bertz CT molecular complexity index is 515. The lowest BCUT2D eigenvalue weighted by Crippen LogP contribution is -2.41. The molecule has 2 unspecified atom stereocenters. The van der Waals surface area contributed by atoms with Gasteiger partial charge < -0.3 is 5.32 Å². The number of hydrogen-bond acceptors (Lipinski definition) is 5. The molecule has 1 rings (SSSR count). The Kier molecular flexibility index (Phi) is 5.15. The smallest absolute Gasteiger partial charge is 0.151 e. The second-order valence-electron chi connectivity index (χ2n) is 6.01. The third-order valence-electron chi connectivity index (χ3n) is 3.33. The van der Waals surface area contributed by atoms with Gasteiger partial charge in [-0.2, -0.15) is 0 Å². The van der Waals surface area contributed by atoms with Gasteiger partial charge in [-0.05, 0) is 14.0 Å². The summed E-state index contributed by atoms with van der Waals surface area (Å²) >= 11 is 1.60. The van der Waals surface area contributed by atoms with Crippen molar-refractivity contribution in [2.75, 3.05) is 13.3 Å². The van der Waals surface area contributed by atoms with Gasteiger partial charge >= 0.3 is 0 Å². The normalized spacial score (nSPS) is 16.3. The predicted octanol–water partition coefficient (Wildman–Crippen LogP) is 2.00. The molecule has 0 aliphatic rings. The van der Waals surface area contributed by atoms with Crippen molar-refractivity contribution in [3.8, 4) is 0 Å². The molecular formula is C13H24N2O2S2. The first-order valence-corrected chi connectivity index (χ1v) is 9.20. The summed E-state index contributed by atoms with van der Waals surface area (Å²) in [6, 6.07) is -0.103. The Balaban J connectivity index is 2.86. The van der Waals surface area contributed by atoms with Gasteiger partial charge in [-0.3, -0.25) is 0 Å². The summed E-state index contributed by atoms with van der Waals surface area (Å²) in [5, 5.41) is 5.72. The fourth-order valence-electron chi connectivity index (χ4n) is 1.74. The average Bonchev–Trinajstić information content (AvgIpc) is 2.71. The van der Waals surface area contributed by atoms with Gasteiger partial charge in [0.2, 0.25) is 0 Å². The molecule has 0 saturated carbocycles. The molecule has 0 aliphatic heterocycles. The number of likely N-dealkylation sites (N-methyl/N-ethyl adjacent to an activating group) is 1. The lowest BCUT2D eigenvalue weighted by atomic mass is 9.93. The van der Waals surface area contributed by atoms with E-state index in [1.165, 1.54) is 6.26 Å². The highest BCUT2D eigenvalue weighted by molar-refractivity contribution is 7.91. The molecule has 0 radical (unpaired) electrons. The van der Waals surface area contributed by atoms with Crippen LogP contribution < -0.4 is 5.32 Å². The molecule has 4 nitrogen and oxygen atoms in total. The van der Waals surface area contributed by atoms with Crippen LogP contribution in [0.5, 0.6) is 0 Å². The SMILES string of the molecule is CNC(Cc1nc(C(C)(C)C)cs1)C(C)S(C)(=O)=O. The average molecular weight is 304 g/mol. The molecule has 1 aromatic heterocycles. The van der Waals surface area contributed by atoms with Crippen LogP contribution in [0.15, 0.2) is 5.38 Å². The third kappa shape index (κ3) is 4.54.